The highest BCUT2D eigenvalue weighted by molar-refractivity contribution is 9.08. The fraction of sp³-hybridized carbons (Fsp3) is 0.500. The van der Waals surface area contributed by atoms with E-state index in [4.69, 9.17) is 5.73 Å². The predicted octanol–water partition coefficient (Wildman–Crippen LogP) is 3.37. The summed E-state index contributed by atoms with van der Waals surface area (Å²) in [5.41, 5.74) is 8.38. The Morgan fingerprint density at radius 2 is 1.49 bits per heavy atom. The first kappa shape index (κ1) is 39.6. The van der Waals surface area contributed by atoms with E-state index in [9.17, 15) is 29.1 Å². The summed E-state index contributed by atoms with van der Waals surface area (Å²) >= 11 is 6.74. The van der Waals surface area contributed by atoms with Gasteiger partial charge in [0.1, 0.15) is 12.1 Å². The first-order valence-corrected chi connectivity index (χ1v) is 17.7. The number of anilines is 1. The number of aliphatic hydroxyl groups excluding tert-OH is 1. The van der Waals surface area contributed by atoms with Gasteiger partial charge in [-0.15, -0.1) is 0 Å². The van der Waals surface area contributed by atoms with Gasteiger partial charge in [-0.1, -0.05) is 64.3 Å². The van der Waals surface area contributed by atoms with Gasteiger partial charge < -0.3 is 37.4 Å². The number of nitrogens with two attached hydrogens (primary N) is 1. The molecule has 8 N–H and O–H groups in total. The van der Waals surface area contributed by atoms with E-state index in [0.29, 0.717) is 59.7 Å². The molecule has 0 unspecified atom stereocenters. The zero-order valence-corrected chi connectivity index (χ0v) is 29.9. The van der Waals surface area contributed by atoms with Gasteiger partial charge in [0.25, 0.3) is 5.91 Å². The Morgan fingerprint density at radius 1 is 0.851 bits per heavy atom. The molecule has 0 spiro atoms. The number of hydrogen-bond acceptors (Lipinski definition) is 7. The van der Waals surface area contributed by atoms with Crippen LogP contribution < -0.4 is 32.3 Å². The van der Waals surface area contributed by atoms with Crippen molar-refractivity contribution in [2.45, 2.75) is 81.7 Å². The first-order chi connectivity index (χ1) is 22.5. The molecule has 15 heteroatoms. The Labute approximate surface area is 292 Å². The maximum atomic E-state index is 13.3. The van der Waals surface area contributed by atoms with Crippen LogP contribution in [0.15, 0.2) is 36.4 Å². The average molecular weight is 784 g/mol. The van der Waals surface area contributed by atoms with Gasteiger partial charge in [0.15, 0.2) is 0 Å². The zero-order chi connectivity index (χ0) is 34.8. The number of nitrogens with zero attached hydrogens (tertiary/aromatic N) is 1. The summed E-state index contributed by atoms with van der Waals surface area (Å²) in [5, 5.41) is 24.0. The van der Waals surface area contributed by atoms with Crippen LogP contribution in [0.25, 0.3) is 0 Å². The second-order valence-corrected chi connectivity index (χ2v) is 12.4. The molecule has 2 atom stereocenters. The molecule has 6 amide bonds. The third-order valence-electron chi connectivity index (χ3n) is 7.11. The molecule has 258 valence electrons. The molecule has 1 aromatic carbocycles. The van der Waals surface area contributed by atoms with E-state index in [1.54, 1.807) is 50.2 Å². The maximum Gasteiger partial charge on any atom is 0.312 e. The lowest BCUT2D eigenvalue weighted by Crippen LogP contribution is -2.54. The largest absolute Gasteiger partial charge is 0.392 e. The van der Waals surface area contributed by atoms with Gasteiger partial charge >= 0.3 is 6.03 Å². The number of benzene rings is 1. The lowest BCUT2D eigenvalue weighted by Gasteiger charge is -2.25. The van der Waals surface area contributed by atoms with Gasteiger partial charge in [0.2, 0.25) is 17.7 Å². The third kappa shape index (κ3) is 14.8. The molecule has 0 radical (unpaired) electrons. The van der Waals surface area contributed by atoms with E-state index in [1.807, 2.05) is 0 Å². The number of unbranched alkanes of at least 4 members (excludes halogenated alkanes) is 2. The van der Waals surface area contributed by atoms with Crippen LogP contribution in [0.3, 0.4) is 0 Å². The van der Waals surface area contributed by atoms with Crippen molar-refractivity contribution in [1.82, 2.24) is 26.3 Å². The number of hydrogen-bond donors (Lipinski definition) is 7. The third-order valence-corrected chi connectivity index (χ3v) is 8.25. The van der Waals surface area contributed by atoms with Crippen LogP contribution in [-0.2, 0) is 31.7 Å². The fourth-order valence-corrected chi connectivity index (χ4v) is 5.14. The van der Waals surface area contributed by atoms with Crippen LogP contribution in [0.5, 0.6) is 0 Å². The number of halogens is 2. The van der Waals surface area contributed by atoms with Gasteiger partial charge in [-0.05, 0) is 61.4 Å². The molecule has 0 saturated carbocycles. The summed E-state index contributed by atoms with van der Waals surface area (Å²) in [7, 11) is 0. The molecule has 1 heterocycles. The highest BCUT2D eigenvalue weighted by Crippen LogP contribution is 2.14. The summed E-state index contributed by atoms with van der Waals surface area (Å²) in [6, 6.07) is 7.60. The van der Waals surface area contributed by atoms with Crippen LogP contribution in [0, 0.1) is 5.92 Å². The number of pyridine rings is 1. The van der Waals surface area contributed by atoms with Crippen molar-refractivity contribution in [1.29, 1.82) is 0 Å². The quantitative estimate of drug-likeness (QED) is 0.0788. The molecular weight excluding hydrogens is 738 g/mol. The number of aromatic nitrogens is 1. The lowest BCUT2D eigenvalue weighted by molar-refractivity contribution is -0.132. The molecular formula is C32H45Br2N7O6. The van der Waals surface area contributed by atoms with Crippen molar-refractivity contribution in [3.63, 3.8) is 0 Å². The summed E-state index contributed by atoms with van der Waals surface area (Å²) in [4.78, 5) is 67.3. The number of amides is 6. The number of aliphatic hydroxyl groups is 1. The van der Waals surface area contributed by atoms with Crippen molar-refractivity contribution in [3.8, 4) is 0 Å². The zero-order valence-electron chi connectivity index (χ0n) is 26.7. The first-order valence-electron chi connectivity index (χ1n) is 15.5. The van der Waals surface area contributed by atoms with E-state index in [2.05, 4.69) is 63.4 Å². The topological polar surface area (TPSA) is 205 Å². The Morgan fingerprint density at radius 3 is 2.06 bits per heavy atom. The second-order valence-electron chi connectivity index (χ2n) is 11.3. The Hall–Kier alpha value is -3.56. The van der Waals surface area contributed by atoms with Crippen LogP contribution in [0.1, 0.15) is 79.7 Å². The summed E-state index contributed by atoms with van der Waals surface area (Å²) in [6.45, 7) is 4.13. The average Bonchev–Trinajstić information content (AvgIpc) is 3.05. The fourth-order valence-electron chi connectivity index (χ4n) is 4.56. The van der Waals surface area contributed by atoms with E-state index < -0.39 is 29.9 Å². The molecule has 0 aliphatic carbocycles. The number of primary amides is 1. The van der Waals surface area contributed by atoms with Gasteiger partial charge in [-0.2, -0.15) is 0 Å². The number of carbonyl (C=O) groups excluding carboxylic acids is 5. The highest BCUT2D eigenvalue weighted by atomic mass is 79.9. The van der Waals surface area contributed by atoms with E-state index in [-0.39, 0.29) is 43.7 Å². The molecule has 0 fully saturated rings. The number of urea groups is 1. The number of alkyl halides is 2. The molecule has 13 nitrogen and oxygen atoms in total. The van der Waals surface area contributed by atoms with E-state index in [1.165, 1.54) is 0 Å². The van der Waals surface area contributed by atoms with E-state index in [0.717, 1.165) is 11.4 Å². The monoisotopic (exact) mass is 781 g/mol. The van der Waals surface area contributed by atoms with E-state index >= 15 is 0 Å². The maximum absolute atomic E-state index is 13.3. The van der Waals surface area contributed by atoms with Crippen LogP contribution in [0.4, 0.5) is 10.5 Å². The molecule has 1 aromatic heterocycles. The van der Waals surface area contributed by atoms with Crippen LogP contribution in [0.2, 0.25) is 0 Å². The molecule has 2 aromatic rings. The van der Waals surface area contributed by atoms with Crippen LogP contribution in [-0.4, -0.2) is 64.9 Å². The minimum absolute atomic E-state index is 0.134. The molecule has 0 saturated heterocycles. The molecule has 2 rings (SSSR count). The van der Waals surface area contributed by atoms with Gasteiger partial charge in [0, 0.05) is 41.4 Å². The van der Waals surface area contributed by atoms with Crippen molar-refractivity contribution in [3.05, 3.63) is 58.9 Å². The molecule has 0 aliphatic rings. The van der Waals surface area contributed by atoms with Gasteiger partial charge in [0.05, 0.1) is 18.0 Å². The molecule has 0 bridgehead atoms. The summed E-state index contributed by atoms with van der Waals surface area (Å²) < 4.78 is 0. The minimum Gasteiger partial charge on any atom is -0.392 e. The molecule has 0 aliphatic heterocycles. The Bertz CT molecular complexity index is 1320. The van der Waals surface area contributed by atoms with Crippen molar-refractivity contribution >= 4 is 67.2 Å². The number of nitrogens with one attached hydrogen (secondary N) is 5. The van der Waals surface area contributed by atoms with Gasteiger partial charge in [-0.3, -0.25) is 24.2 Å². The minimum atomic E-state index is -0.952. The lowest BCUT2D eigenvalue weighted by atomic mass is 10.0. The Balaban J connectivity index is 1.87. The SMILES string of the molecule is CC(C)[C@H](NC(=O)CCCCCNC(=O)c1cc(CBr)nc(CBr)c1)C(=O)N[C@@H](CCCNC(N)=O)C(=O)Nc1ccc(CO)cc1. The highest BCUT2D eigenvalue weighted by Gasteiger charge is 2.28. The van der Waals surface area contributed by atoms with Crippen molar-refractivity contribution in [2.75, 3.05) is 18.4 Å². The summed E-state index contributed by atoms with van der Waals surface area (Å²) in [5.74, 6) is -1.71. The number of rotatable bonds is 20. The second kappa shape index (κ2) is 21.3. The smallest absolute Gasteiger partial charge is 0.312 e. The Kier molecular flexibility index (Phi) is 18.0. The predicted molar refractivity (Wildman–Crippen MR) is 187 cm³/mol. The summed E-state index contributed by atoms with van der Waals surface area (Å²) in [6.07, 6.45) is 2.71. The molecule has 47 heavy (non-hydrogen) atoms. The van der Waals surface area contributed by atoms with Crippen molar-refractivity contribution < 1.29 is 29.1 Å². The normalized spacial score (nSPS) is 12.1. The van der Waals surface area contributed by atoms with Crippen LogP contribution >= 0.6 is 31.9 Å². The van der Waals surface area contributed by atoms with Gasteiger partial charge in [-0.25, -0.2) is 4.79 Å². The standard InChI is InChI=1S/C32H45Br2N7O6/c1-20(2)28(41-27(43)8-4-3-5-13-36-29(44)22-15-24(17-33)38-25(16-22)18-34)31(46)40-26(7-6-14-37-32(35)47)30(45)39-23-11-9-21(19-42)10-12-23/h9-12,15-16,20,26,28,42H,3-8,13-14,17-19H2,1-2H3,(H,36,44)(H,39,45)(H,40,46)(H,41,43)(H3,35,37,47)/t26-,28-/m0/s1. The number of carbonyl (C=O) groups is 5. The van der Waals surface area contributed by atoms with Crippen molar-refractivity contribution in [2.24, 2.45) is 11.7 Å².